The van der Waals surface area contributed by atoms with E-state index in [-0.39, 0.29) is 21.9 Å². The Labute approximate surface area is 116 Å². The number of benzene rings is 1. The molecule has 0 fully saturated rings. The van der Waals surface area contributed by atoms with E-state index < -0.39 is 23.8 Å². The van der Waals surface area contributed by atoms with E-state index in [0.717, 1.165) is 6.08 Å². The Morgan fingerprint density at radius 3 is 2.60 bits per heavy atom. The van der Waals surface area contributed by atoms with Crippen LogP contribution in [0.1, 0.15) is 11.1 Å². The van der Waals surface area contributed by atoms with Crippen LogP contribution in [0.3, 0.4) is 0 Å². The zero-order valence-corrected chi connectivity index (χ0v) is 10.4. The Hall–Kier alpha value is -2.13. The first-order valence-electron chi connectivity index (χ1n) is 5.22. The van der Waals surface area contributed by atoms with Crippen molar-refractivity contribution in [1.82, 2.24) is 0 Å². The summed E-state index contributed by atoms with van der Waals surface area (Å²) in [6.07, 6.45) is -1.35. The third-order valence-corrected chi connectivity index (χ3v) is 2.95. The summed E-state index contributed by atoms with van der Waals surface area (Å²) in [4.78, 5) is 10.9. The third kappa shape index (κ3) is 2.45. The minimum absolute atomic E-state index is 0.126. The summed E-state index contributed by atoms with van der Waals surface area (Å²) in [5.41, 5.74) is -0.611. The topological polar surface area (TPSA) is 46.5 Å². The molecule has 0 saturated heterocycles. The van der Waals surface area contributed by atoms with E-state index in [4.69, 9.17) is 27.9 Å². The summed E-state index contributed by atoms with van der Waals surface area (Å²) in [5.74, 6) is 0.332. The van der Waals surface area contributed by atoms with Gasteiger partial charge in [-0.15, -0.1) is 6.42 Å². The smallest absolute Gasteiger partial charge is 0.430 e. The molecule has 1 N–H and O–H groups in total. The molecule has 0 bridgehead atoms. The number of terminal acetylenes is 1. The van der Waals surface area contributed by atoms with E-state index >= 15 is 0 Å². The average molecular weight is 303 g/mol. The molecule has 1 heterocycles. The summed E-state index contributed by atoms with van der Waals surface area (Å²) < 4.78 is 43.2. The van der Waals surface area contributed by atoms with Crippen LogP contribution in [0.2, 0.25) is 5.02 Å². The van der Waals surface area contributed by atoms with Crippen molar-refractivity contribution in [2.24, 2.45) is 0 Å². The van der Waals surface area contributed by atoms with Crippen molar-refractivity contribution in [2.75, 3.05) is 0 Å². The zero-order valence-electron chi connectivity index (χ0n) is 9.66. The van der Waals surface area contributed by atoms with Crippen LogP contribution in [0, 0.1) is 12.3 Å². The SMILES string of the molecule is C#Cc1cc2c(cc1Cl)C=C(C(=O)O)[C@@H](C(F)(F)F)O2. The van der Waals surface area contributed by atoms with Crippen molar-refractivity contribution in [3.63, 3.8) is 0 Å². The van der Waals surface area contributed by atoms with Crippen LogP contribution in [0.5, 0.6) is 5.75 Å². The fraction of sp³-hybridized carbons (Fsp3) is 0.154. The van der Waals surface area contributed by atoms with E-state index in [2.05, 4.69) is 5.92 Å². The van der Waals surface area contributed by atoms with Crippen LogP contribution in [-0.2, 0) is 4.79 Å². The minimum Gasteiger partial charge on any atom is -0.478 e. The van der Waals surface area contributed by atoms with Crippen molar-refractivity contribution < 1.29 is 27.8 Å². The molecule has 0 aliphatic carbocycles. The lowest BCUT2D eigenvalue weighted by atomic mass is 10.00. The Balaban J connectivity index is 2.60. The lowest BCUT2D eigenvalue weighted by Gasteiger charge is -2.27. The van der Waals surface area contributed by atoms with Gasteiger partial charge in [0.1, 0.15) is 5.75 Å². The van der Waals surface area contributed by atoms with Gasteiger partial charge in [-0.2, -0.15) is 13.2 Å². The Bertz CT molecular complexity index is 656. The van der Waals surface area contributed by atoms with Crippen LogP contribution in [0.15, 0.2) is 17.7 Å². The number of rotatable bonds is 1. The maximum absolute atomic E-state index is 12.8. The molecular weight excluding hydrogens is 297 g/mol. The Morgan fingerprint density at radius 2 is 2.10 bits per heavy atom. The predicted octanol–water partition coefficient (Wildman–Crippen LogP) is 3.11. The van der Waals surface area contributed by atoms with E-state index in [1.807, 2.05) is 0 Å². The number of carboxylic acid groups (broad SMARTS) is 1. The fourth-order valence-electron chi connectivity index (χ4n) is 1.74. The van der Waals surface area contributed by atoms with Gasteiger partial charge in [-0.1, -0.05) is 17.5 Å². The van der Waals surface area contributed by atoms with Gasteiger partial charge < -0.3 is 9.84 Å². The van der Waals surface area contributed by atoms with Gasteiger partial charge in [-0.25, -0.2) is 4.79 Å². The zero-order chi connectivity index (χ0) is 15.1. The van der Waals surface area contributed by atoms with Gasteiger partial charge in [-0.05, 0) is 18.2 Å². The largest absolute Gasteiger partial charge is 0.478 e. The number of carbonyl (C=O) groups is 1. The summed E-state index contributed by atoms with van der Waals surface area (Å²) in [6.45, 7) is 0. The Morgan fingerprint density at radius 1 is 1.45 bits per heavy atom. The lowest BCUT2D eigenvalue weighted by molar-refractivity contribution is -0.187. The molecule has 1 aliphatic heterocycles. The molecular formula is C13H6ClF3O3. The molecule has 1 aliphatic rings. The number of carboxylic acids is 1. The second-order valence-electron chi connectivity index (χ2n) is 3.96. The number of hydrogen-bond acceptors (Lipinski definition) is 2. The van der Waals surface area contributed by atoms with Gasteiger partial charge in [0.25, 0.3) is 0 Å². The molecule has 0 saturated carbocycles. The van der Waals surface area contributed by atoms with Gasteiger partial charge in [0, 0.05) is 11.1 Å². The van der Waals surface area contributed by atoms with Crippen molar-refractivity contribution in [1.29, 1.82) is 0 Å². The van der Waals surface area contributed by atoms with E-state index in [1.54, 1.807) is 0 Å². The minimum atomic E-state index is -4.85. The molecule has 3 nitrogen and oxygen atoms in total. The van der Waals surface area contributed by atoms with Crippen molar-refractivity contribution in [3.05, 3.63) is 33.9 Å². The van der Waals surface area contributed by atoms with Gasteiger partial charge in [-0.3, -0.25) is 0 Å². The highest BCUT2D eigenvalue weighted by Crippen LogP contribution is 2.39. The highest BCUT2D eigenvalue weighted by Gasteiger charge is 2.48. The molecule has 1 aromatic carbocycles. The average Bonchev–Trinajstić information content (AvgIpc) is 2.35. The second-order valence-corrected chi connectivity index (χ2v) is 4.37. The van der Waals surface area contributed by atoms with Crippen LogP contribution in [0.4, 0.5) is 13.2 Å². The first kappa shape index (κ1) is 14.3. The van der Waals surface area contributed by atoms with Crippen LogP contribution < -0.4 is 4.74 Å². The quantitative estimate of drug-likeness (QED) is 0.811. The summed E-state index contributed by atoms with van der Waals surface area (Å²) >= 11 is 5.82. The number of alkyl halides is 3. The monoisotopic (exact) mass is 302 g/mol. The van der Waals surface area contributed by atoms with Crippen molar-refractivity contribution in [2.45, 2.75) is 12.3 Å². The number of fused-ring (bicyclic) bond motifs is 1. The molecule has 7 heteroatoms. The van der Waals surface area contributed by atoms with Crippen molar-refractivity contribution in [3.8, 4) is 18.1 Å². The predicted molar refractivity (Wildman–Crippen MR) is 65.5 cm³/mol. The van der Waals surface area contributed by atoms with Crippen LogP contribution in [-0.4, -0.2) is 23.4 Å². The van der Waals surface area contributed by atoms with Crippen LogP contribution in [0.25, 0.3) is 6.08 Å². The molecule has 0 unspecified atom stereocenters. The molecule has 1 aromatic rings. The Kier molecular flexibility index (Phi) is 3.40. The highest BCUT2D eigenvalue weighted by atomic mass is 35.5. The molecule has 0 amide bonds. The molecule has 0 spiro atoms. The lowest BCUT2D eigenvalue weighted by Crippen LogP contribution is -2.40. The summed E-state index contributed by atoms with van der Waals surface area (Å²) in [5, 5.41) is 8.98. The maximum atomic E-state index is 12.8. The maximum Gasteiger partial charge on any atom is 0.430 e. The van der Waals surface area contributed by atoms with E-state index in [0.29, 0.717) is 0 Å². The number of hydrogen-bond donors (Lipinski definition) is 1. The standard InChI is InChI=1S/C13H6ClF3O3/c1-2-6-5-10-7(4-9(6)14)3-8(12(18)19)11(20-10)13(15,16)17/h1,3-5,11H,(H,18,19)/t11-/m0/s1. The number of halogens is 4. The summed E-state index contributed by atoms with van der Waals surface area (Å²) in [7, 11) is 0. The van der Waals surface area contributed by atoms with Gasteiger partial charge >= 0.3 is 12.1 Å². The highest BCUT2D eigenvalue weighted by molar-refractivity contribution is 6.32. The van der Waals surface area contributed by atoms with Crippen molar-refractivity contribution >= 4 is 23.6 Å². The van der Waals surface area contributed by atoms with E-state index in [1.165, 1.54) is 12.1 Å². The number of aliphatic carboxylic acids is 1. The third-order valence-electron chi connectivity index (χ3n) is 2.64. The summed E-state index contributed by atoms with van der Waals surface area (Å²) in [6, 6.07) is 2.44. The molecule has 0 radical (unpaired) electrons. The second kappa shape index (κ2) is 4.76. The first-order valence-corrected chi connectivity index (χ1v) is 5.60. The molecule has 20 heavy (non-hydrogen) atoms. The fourth-order valence-corrected chi connectivity index (χ4v) is 1.97. The molecule has 1 atom stereocenters. The van der Waals surface area contributed by atoms with Gasteiger partial charge in [0.2, 0.25) is 6.10 Å². The molecule has 2 rings (SSSR count). The molecule has 0 aromatic heterocycles. The van der Waals surface area contributed by atoms with Crippen LogP contribution >= 0.6 is 11.6 Å². The number of ether oxygens (including phenoxy) is 1. The normalized spacial score (nSPS) is 17.6. The van der Waals surface area contributed by atoms with Gasteiger partial charge in [0.15, 0.2) is 0 Å². The van der Waals surface area contributed by atoms with E-state index in [9.17, 15) is 18.0 Å². The molecule has 104 valence electrons. The van der Waals surface area contributed by atoms with Gasteiger partial charge in [0.05, 0.1) is 10.6 Å². The first-order chi connectivity index (χ1) is 9.24.